The van der Waals surface area contributed by atoms with E-state index in [9.17, 15) is 17.3 Å². The maximum absolute atomic E-state index is 9.75. The number of pyridine rings is 1. The molecule has 0 unspecified atom stereocenters. The molecule has 14 heavy (non-hydrogen) atoms. The summed E-state index contributed by atoms with van der Waals surface area (Å²) in [6.45, 7) is 1.93. The lowest BCUT2D eigenvalue weighted by molar-refractivity contribution is 0.318. The van der Waals surface area contributed by atoms with E-state index in [1.165, 1.54) is 0 Å². The second-order valence-electron chi connectivity index (χ2n) is 1.84. The van der Waals surface area contributed by atoms with Gasteiger partial charge in [0.05, 0.1) is 0 Å². The molecule has 0 aromatic carbocycles. The number of nitrogens with zero attached hydrogens (tertiary/aromatic N) is 1. The van der Waals surface area contributed by atoms with E-state index in [-0.39, 0.29) is 8.03 Å². The van der Waals surface area contributed by atoms with Gasteiger partial charge < -0.3 is 22.4 Å². The summed E-state index contributed by atoms with van der Waals surface area (Å²) in [4.78, 5) is 3.78. The molecule has 0 saturated carbocycles. The number of hydrogen-bond donors (Lipinski definition) is 1. The molecule has 0 fully saturated rings. The molecule has 0 amide bonds. The Labute approximate surface area is 81.2 Å². The van der Waals surface area contributed by atoms with E-state index >= 15 is 0 Å². The Morgan fingerprint density at radius 2 is 1.43 bits per heavy atom. The van der Waals surface area contributed by atoms with E-state index < -0.39 is 7.25 Å². The molecule has 0 saturated heterocycles. The quantitative estimate of drug-likeness (QED) is 0.530. The van der Waals surface area contributed by atoms with E-state index in [1.54, 1.807) is 19.3 Å². The topological polar surface area (TPSA) is 33.1 Å². The normalized spacial score (nSPS) is 9.00. The monoisotopic (exact) mass is 213 g/mol. The van der Waals surface area contributed by atoms with Gasteiger partial charge in [-0.2, -0.15) is 0 Å². The van der Waals surface area contributed by atoms with Crippen LogP contribution < -0.4 is 0 Å². The first-order chi connectivity index (χ1) is 6.41. The molecular weight excluding hydrogens is 201 g/mol. The average molecular weight is 213 g/mol. The molecule has 0 aliphatic rings. The van der Waals surface area contributed by atoms with Crippen molar-refractivity contribution in [2.75, 3.05) is 6.61 Å². The van der Waals surface area contributed by atoms with Gasteiger partial charge in [-0.1, -0.05) is 6.07 Å². The Kier molecular flexibility index (Phi) is 11.0. The van der Waals surface area contributed by atoms with E-state index in [1.807, 2.05) is 18.2 Å². The summed E-state index contributed by atoms with van der Waals surface area (Å²) in [6, 6.07) is 5.72. The maximum atomic E-state index is 9.75. The second kappa shape index (κ2) is 9.98. The Morgan fingerprint density at radius 1 is 1.14 bits per heavy atom. The third-order valence-corrected chi connectivity index (χ3v) is 0.566. The van der Waals surface area contributed by atoms with E-state index in [4.69, 9.17) is 5.11 Å². The highest BCUT2D eigenvalue weighted by molar-refractivity contribution is 6.50. The highest BCUT2D eigenvalue weighted by Crippen LogP contribution is 2.06. The minimum atomic E-state index is -6.00. The number of halogens is 4. The van der Waals surface area contributed by atoms with Crippen molar-refractivity contribution in [2.45, 2.75) is 6.92 Å². The van der Waals surface area contributed by atoms with Crippen LogP contribution in [0, 0.1) is 0 Å². The molecule has 0 spiro atoms. The molecule has 0 bridgehead atoms. The molecule has 1 rings (SSSR count). The Bertz CT molecular complexity index is 167. The van der Waals surface area contributed by atoms with Crippen LogP contribution in [0.1, 0.15) is 8.35 Å². The summed E-state index contributed by atoms with van der Waals surface area (Å²) in [5, 5.41) is 7.57. The van der Waals surface area contributed by atoms with Gasteiger partial charge in [-0.05, 0) is 19.1 Å². The lowest BCUT2D eigenvalue weighted by atomic mass is 10.3. The zero-order chi connectivity index (χ0) is 11.4. The summed E-state index contributed by atoms with van der Waals surface area (Å²) < 4.78 is 39.0. The van der Waals surface area contributed by atoms with Crippen molar-refractivity contribution < 1.29 is 23.8 Å². The fourth-order valence-corrected chi connectivity index (χ4v) is 0.313. The van der Waals surface area contributed by atoms with Gasteiger partial charge in [0.25, 0.3) is 0 Å². The first-order valence-corrected chi connectivity index (χ1v) is 3.75. The number of aliphatic hydroxyl groups is 1. The van der Waals surface area contributed by atoms with Crippen LogP contribution in [0.15, 0.2) is 30.6 Å². The first-order valence-electron chi connectivity index (χ1n) is 3.75. The van der Waals surface area contributed by atoms with Crippen LogP contribution in [0.25, 0.3) is 0 Å². The zero-order valence-corrected chi connectivity index (χ0v) is 7.58. The van der Waals surface area contributed by atoms with Crippen LogP contribution in [0.4, 0.5) is 17.3 Å². The van der Waals surface area contributed by atoms with Gasteiger partial charge in [-0.3, -0.25) is 4.98 Å². The molecule has 1 aromatic rings. The summed E-state index contributed by atoms with van der Waals surface area (Å²) >= 11 is 0. The van der Waals surface area contributed by atoms with E-state index in [0.29, 0.717) is 0 Å². The highest BCUT2D eigenvalue weighted by atomic mass is 19.5. The lowest BCUT2D eigenvalue weighted by Gasteiger charge is -1.94. The third kappa shape index (κ3) is 44.5. The third-order valence-electron chi connectivity index (χ3n) is 0.566. The molecule has 2 nitrogen and oxygen atoms in total. The summed E-state index contributed by atoms with van der Waals surface area (Å²) in [7, 11) is -6.00. The number of aliphatic hydroxyl groups excluding tert-OH is 1. The standard InChI is InChI=1S/C5H5N.C2H6O.BF4/c1-2-4-6-5-3-1;1-2-3;2-1(3,4)5/h1-5H;3H,2H2,1H3;/q;;-1/p+1. The number of rotatable bonds is 0. The van der Waals surface area contributed by atoms with Crippen LogP contribution in [0.3, 0.4) is 0 Å². The molecule has 1 N–H and O–H groups in total. The number of hydrogen-bond acceptors (Lipinski definition) is 2. The predicted molar refractivity (Wildman–Crippen MR) is 48.3 cm³/mol. The highest BCUT2D eigenvalue weighted by Gasteiger charge is 2.20. The van der Waals surface area contributed by atoms with Crippen molar-refractivity contribution in [3.05, 3.63) is 30.6 Å². The van der Waals surface area contributed by atoms with Crippen molar-refractivity contribution in [3.8, 4) is 0 Å². The van der Waals surface area contributed by atoms with Gasteiger partial charge in [-0.15, -0.1) is 0 Å². The van der Waals surface area contributed by atoms with Crippen LogP contribution in [0.5, 0.6) is 0 Å². The SMILES string of the molecule is CCO.F[B-](F)(F)F.[H+].c1ccncc1. The predicted octanol–water partition coefficient (Wildman–Crippen LogP) is 2.49. The second-order valence-corrected chi connectivity index (χ2v) is 1.84. The van der Waals surface area contributed by atoms with Gasteiger partial charge >= 0.3 is 8.68 Å². The van der Waals surface area contributed by atoms with Gasteiger partial charge in [0.15, 0.2) is 0 Å². The van der Waals surface area contributed by atoms with Crippen molar-refractivity contribution in [1.82, 2.24) is 4.98 Å². The van der Waals surface area contributed by atoms with Crippen molar-refractivity contribution in [1.29, 1.82) is 0 Å². The van der Waals surface area contributed by atoms with Crippen molar-refractivity contribution in [3.63, 3.8) is 0 Å². The fourth-order valence-electron chi connectivity index (χ4n) is 0.313. The Hall–Kier alpha value is -1.11. The molecule has 0 aliphatic carbocycles. The maximum Gasteiger partial charge on any atom is 1.00 e. The number of aromatic nitrogens is 1. The summed E-state index contributed by atoms with van der Waals surface area (Å²) in [5.41, 5.74) is 0. The summed E-state index contributed by atoms with van der Waals surface area (Å²) in [6.07, 6.45) is 3.50. The first kappa shape index (κ1) is 15.4. The van der Waals surface area contributed by atoms with Crippen LogP contribution >= 0.6 is 0 Å². The van der Waals surface area contributed by atoms with Crippen molar-refractivity contribution >= 4 is 7.25 Å². The van der Waals surface area contributed by atoms with Gasteiger partial charge in [0, 0.05) is 19.0 Å². The molecule has 1 aromatic heterocycles. The van der Waals surface area contributed by atoms with Gasteiger partial charge in [0.1, 0.15) is 0 Å². The molecule has 7 heteroatoms. The van der Waals surface area contributed by atoms with Crippen molar-refractivity contribution in [2.24, 2.45) is 0 Å². The molecule has 0 radical (unpaired) electrons. The van der Waals surface area contributed by atoms with Crippen LogP contribution in [-0.4, -0.2) is 24.0 Å². The molecular formula is C7H12BF4NO. The van der Waals surface area contributed by atoms with E-state index in [2.05, 4.69) is 4.98 Å². The van der Waals surface area contributed by atoms with Gasteiger partial charge in [-0.25, -0.2) is 0 Å². The summed E-state index contributed by atoms with van der Waals surface area (Å²) in [5.74, 6) is 0. The van der Waals surface area contributed by atoms with Crippen LogP contribution in [-0.2, 0) is 0 Å². The smallest absolute Gasteiger partial charge is 0.418 e. The molecule has 82 valence electrons. The fraction of sp³-hybridized carbons (Fsp3) is 0.286. The molecule has 0 atom stereocenters. The average Bonchev–Trinajstić information content (AvgIpc) is 2.06. The van der Waals surface area contributed by atoms with Crippen LogP contribution in [0.2, 0.25) is 0 Å². The molecule has 0 aliphatic heterocycles. The van der Waals surface area contributed by atoms with Gasteiger partial charge in [0.2, 0.25) is 0 Å². The Balaban J connectivity index is -0.000000148. The van der Waals surface area contributed by atoms with E-state index in [0.717, 1.165) is 0 Å². The Morgan fingerprint density at radius 3 is 1.50 bits per heavy atom. The molecule has 1 heterocycles. The zero-order valence-electron chi connectivity index (χ0n) is 8.58. The largest absolute Gasteiger partial charge is 1.00 e. The minimum absolute atomic E-state index is 0. The lowest BCUT2D eigenvalue weighted by Crippen LogP contribution is -2.02. The minimum Gasteiger partial charge on any atom is -0.418 e.